The predicted octanol–water partition coefficient (Wildman–Crippen LogP) is 2.35. The van der Waals surface area contributed by atoms with Gasteiger partial charge in [0, 0.05) is 24.3 Å². The van der Waals surface area contributed by atoms with Crippen molar-refractivity contribution in [3.05, 3.63) is 29.3 Å². The molecule has 0 spiro atoms. The van der Waals surface area contributed by atoms with E-state index < -0.39 is 0 Å². The SMILES string of the molecule is CCN1c2c(CC(C)N)cccc2CC1C. The van der Waals surface area contributed by atoms with Gasteiger partial charge in [-0.1, -0.05) is 18.2 Å². The van der Waals surface area contributed by atoms with Crippen molar-refractivity contribution >= 4 is 5.69 Å². The third-order valence-corrected chi connectivity index (χ3v) is 3.42. The summed E-state index contributed by atoms with van der Waals surface area (Å²) < 4.78 is 0. The highest BCUT2D eigenvalue weighted by Gasteiger charge is 2.26. The van der Waals surface area contributed by atoms with Crippen LogP contribution < -0.4 is 10.6 Å². The predicted molar refractivity (Wildman–Crippen MR) is 70.0 cm³/mol. The van der Waals surface area contributed by atoms with Crippen molar-refractivity contribution in [3.8, 4) is 0 Å². The molecule has 0 radical (unpaired) electrons. The molecule has 2 N–H and O–H groups in total. The maximum Gasteiger partial charge on any atom is 0.0435 e. The molecule has 0 amide bonds. The quantitative estimate of drug-likeness (QED) is 0.844. The first-order valence-corrected chi connectivity index (χ1v) is 6.26. The summed E-state index contributed by atoms with van der Waals surface area (Å²) in [5, 5.41) is 0. The first-order valence-electron chi connectivity index (χ1n) is 6.26. The molecule has 0 saturated carbocycles. The van der Waals surface area contributed by atoms with Crippen molar-refractivity contribution in [2.24, 2.45) is 5.73 Å². The molecular formula is C14H22N2. The zero-order valence-electron chi connectivity index (χ0n) is 10.5. The van der Waals surface area contributed by atoms with Crippen LogP contribution in [-0.2, 0) is 12.8 Å². The number of fused-ring (bicyclic) bond motifs is 1. The highest BCUT2D eigenvalue weighted by Crippen LogP contribution is 2.35. The average Bonchev–Trinajstić information content (AvgIpc) is 2.53. The van der Waals surface area contributed by atoms with Crippen LogP contribution in [0.3, 0.4) is 0 Å². The smallest absolute Gasteiger partial charge is 0.0435 e. The number of hydrogen-bond donors (Lipinski definition) is 1. The molecule has 0 fully saturated rings. The van der Waals surface area contributed by atoms with Gasteiger partial charge in [0.2, 0.25) is 0 Å². The summed E-state index contributed by atoms with van der Waals surface area (Å²) in [6.45, 7) is 7.70. The Hall–Kier alpha value is -1.02. The van der Waals surface area contributed by atoms with E-state index >= 15 is 0 Å². The van der Waals surface area contributed by atoms with Gasteiger partial charge in [-0.15, -0.1) is 0 Å². The lowest BCUT2D eigenvalue weighted by Gasteiger charge is -2.25. The third-order valence-electron chi connectivity index (χ3n) is 3.42. The molecule has 1 heterocycles. The molecule has 2 heteroatoms. The van der Waals surface area contributed by atoms with Gasteiger partial charge in [0.25, 0.3) is 0 Å². The van der Waals surface area contributed by atoms with Crippen LogP contribution in [-0.4, -0.2) is 18.6 Å². The molecule has 1 aromatic rings. The highest BCUT2D eigenvalue weighted by molar-refractivity contribution is 5.64. The Bertz CT molecular complexity index is 371. The normalized spacial score (nSPS) is 21.0. The van der Waals surface area contributed by atoms with E-state index in [2.05, 4.69) is 43.9 Å². The molecule has 16 heavy (non-hydrogen) atoms. The number of likely N-dealkylation sites (N-methyl/N-ethyl adjacent to an activating group) is 1. The number of hydrogen-bond acceptors (Lipinski definition) is 2. The molecule has 2 atom stereocenters. The molecule has 2 nitrogen and oxygen atoms in total. The lowest BCUT2D eigenvalue weighted by atomic mass is 10.0. The number of benzene rings is 1. The van der Waals surface area contributed by atoms with Gasteiger partial charge in [0.15, 0.2) is 0 Å². The molecular weight excluding hydrogens is 196 g/mol. The lowest BCUT2D eigenvalue weighted by Crippen LogP contribution is -2.30. The Labute approximate surface area is 98.4 Å². The van der Waals surface area contributed by atoms with E-state index in [1.54, 1.807) is 0 Å². The van der Waals surface area contributed by atoms with Crippen LogP contribution >= 0.6 is 0 Å². The van der Waals surface area contributed by atoms with Crippen LogP contribution in [0.1, 0.15) is 31.9 Å². The summed E-state index contributed by atoms with van der Waals surface area (Å²) in [6, 6.07) is 7.52. The Morgan fingerprint density at radius 2 is 2.25 bits per heavy atom. The first-order chi connectivity index (χ1) is 7.63. The van der Waals surface area contributed by atoms with Crippen LogP contribution in [0, 0.1) is 0 Å². The van der Waals surface area contributed by atoms with Crippen LogP contribution in [0.5, 0.6) is 0 Å². The van der Waals surface area contributed by atoms with E-state index in [4.69, 9.17) is 5.73 Å². The zero-order valence-corrected chi connectivity index (χ0v) is 10.5. The minimum absolute atomic E-state index is 0.237. The van der Waals surface area contributed by atoms with Gasteiger partial charge >= 0.3 is 0 Å². The van der Waals surface area contributed by atoms with Crippen molar-refractivity contribution in [3.63, 3.8) is 0 Å². The van der Waals surface area contributed by atoms with Gasteiger partial charge in [0.1, 0.15) is 0 Å². The largest absolute Gasteiger partial charge is 0.368 e. The lowest BCUT2D eigenvalue weighted by molar-refractivity contribution is 0.683. The van der Waals surface area contributed by atoms with E-state index in [0.717, 1.165) is 13.0 Å². The summed E-state index contributed by atoms with van der Waals surface area (Å²) in [5.74, 6) is 0. The van der Waals surface area contributed by atoms with Gasteiger partial charge in [-0.05, 0) is 44.7 Å². The van der Waals surface area contributed by atoms with Crippen LogP contribution in [0.4, 0.5) is 5.69 Å². The molecule has 0 aliphatic carbocycles. The van der Waals surface area contributed by atoms with E-state index in [0.29, 0.717) is 6.04 Å². The molecule has 0 aromatic heterocycles. The molecule has 1 aliphatic rings. The van der Waals surface area contributed by atoms with Crippen molar-refractivity contribution in [2.75, 3.05) is 11.4 Å². The minimum Gasteiger partial charge on any atom is -0.368 e. The standard InChI is InChI=1S/C14H22N2/c1-4-16-11(3)9-13-7-5-6-12(14(13)16)8-10(2)15/h5-7,10-11H,4,8-9,15H2,1-3H3. The molecule has 1 aromatic carbocycles. The summed E-state index contributed by atoms with van der Waals surface area (Å²) >= 11 is 0. The van der Waals surface area contributed by atoms with E-state index in [-0.39, 0.29) is 6.04 Å². The topological polar surface area (TPSA) is 29.3 Å². The first kappa shape index (κ1) is 11.5. The maximum atomic E-state index is 5.92. The summed E-state index contributed by atoms with van der Waals surface area (Å²) in [6.07, 6.45) is 2.16. The summed E-state index contributed by atoms with van der Waals surface area (Å²) in [5.41, 5.74) is 10.3. The van der Waals surface area contributed by atoms with Gasteiger partial charge in [0.05, 0.1) is 0 Å². The molecule has 0 saturated heterocycles. The van der Waals surface area contributed by atoms with Crippen molar-refractivity contribution in [1.82, 2.24) is 0 Å². The maximum absolute atomic E-state index is 5.92. The number of nitrogens with two attached hydrogens (primary N) is 1. The monoisotopic (exact) mass is 218 g/mol. The highest BCUT2D eigenvalue weighted by atomic mass is 15.2. The van der Waals surface area contributed by atoms with Gasteiger partial charge in [-0.2, -0.15) is 0 Å². The molecule has 0 bridgehead atoms. The number of para-hydroxylation sites is 1. The molecule has 1 aliphatic heterocycles. The fourth-order valence-electron chi connectivity index (χ4n) is 2.81. The third kappa shape index (κ3) is 1.94. The number of anilines is 1. The second-order valence-electron chi connectivity index (χ2n) is 4.95. The van der Waals surface area contributed by atoms with Crippen molar-refractivity contribution in [1.29, 1.82) is 0 Å². The van der Waals surface area contributed by atoms with Crippen LogP contribution in [0.25, 0.3) is 0 Å². The summed E-state index contributed by atoms with van der Waals surface area (Å²) in [4.78, 5) is 2.51. The fraction of sp³-hybridized carbons (Fsp3) is 0.571. The Kier molecular flexibility index (Phi) is 3.20. The average molecular weight is 218 g/mol. The van der Waals surface area contributed by atoms with Crippen LogP contribution in [0.2, 0.25) is 0 Å². The molecule has 2 rings (SSSR count). The van der Waals surface area contributed by atoms with E-state index in [1.165, 1.54) is 23.2 Å². The van der Waals surface area contributed by atoms with Crippen LogP contribution in [0.15, 0.2) is 18.2 Å². The zero-order chi connectivity index (χ0) is 11.7. The van der Waals surface area contributed by atoms with Crippen molar-refractivity contribution in [2.45, 2.75) is 45.7 Å². The number of rotatable bonds is 3. The Balaban J connectivity index is 2.39. The van der Waals surface area contributed by atoms with E-state index in [1.807, 2.05) is 0 Å². The van der Waals surface area contributed by atoms with Crippen molar-refractivity contribution < 1.29 is 0 Å². The minimum atomic E-state index is 0.237. The second-order valence-corrected chi connectivity index (χ2v) is 4.95. The van der Waals surface area contributed by atoms with Gasteiger partial charge in [-0.3, -0.25) is 0 Å². The Morgan fingerprint density at radius 1 is 1.50 bits per heavy atom. The van der Waals surface area contributed by atoms with Gasteiger partial charge in [-0.25, -0.2) is 0 Å². The second kappa shape index (κ2) is 4.46. The van der Waals surface area contributed by atoms with Gasteiger partial charge < -0.3 is 10.6 Å². The summed E-state index contributed by atoms with van der Waals surface area (Å²) in [7, 11) is 0. The Morgan fingerprint density at radius 3 is 2.88 bits per heavy atom. The molecule has 88 valence electrons. The molecule has 2 unspecified atom stereocenters. The fourth-order valence-corrected chi connectivity index (χ4v) is 2.81. The van der Waals surface area contributed by atoms with E-state index in [9.17, 15) is 0 Å². The number of nitrogens with zero attached hydrogens (tertiary/aromatic N) is 1.